The van der Waals surface area contributed by atoms with Gasteiger partial charge < -0.3 is 81.9 Å². The van der Waals surface area contributed by atoms with Gasteiger partial charge in [0.2, 0.25) is 23.2 Å². The van der Waals surface area contributed by atoms with Gasteiger partial charge in [0.1, 0.15) is 23.6 Å². The third kappa shape index (κ3) is 26.9. The van der Waals surface area contributed by atoms with E-state index in [9.17, 15) is 97.4 Å². The number of hydrogen-bond donors (Lipinski definition) is 16. The van der Waals surface area contributed by atoms with Gasteiger partial charge in [-0.1, -0.05) is 30.7 Å². The van der Waals surface area contributed by atoms with Gasteiger partial charge in [0.25, 0.3) is 0 Å². The highest BCUT2D eigenvalue weighted by Gasteiger charge is 2.44. The number of unbranched alkanes of at least 4 members (excludes halogenated alkanes) is 3. The van der Waals surface area contributed by atoms with Crippen LogP contribution in [-0.2, 0) is 73.4 Å². The van der Waals surface area contributed by atoms with E-state index in [4.69, 9.17) is 10.2 Å². The van der Waals surface area contributed by atoms with Gasteiger partial charge in [-0.25, -0.2) is 14.4 Å². The summed E-state index contributed by atoms with van der Waals surface area (Å²) < 4.78 is 23.1. The summed E-state index contributed by atoms with van der Waals surface area (Å²) in [7, 11) is -10.9. The molecule has 16 N–H and O–H groups in total. The first kappa shape index (κ1) is 64.4. The van der Waals surface area contributed by atoms with E-state index in [1.165, 1.54) is 34.1 Å². The molecule has 5 amide bonds. The fraction of sp³-hybridized carbons (Fsp3) is 0.523. The van der Waals surface area contributed by atoms with Crippen molar-refractivity contribution in [3.05, 3.63) is 58.7 Å². The topological polar surface area (TPSA) is 477 Å². The number of carbonyl (C=O) groups is 9. The number of rotatable bonds is 37. The number of nitrogens with zero attached hydrogens (tertiary/aromatic N) is 2. The van der Waals surface area contributed by atoms with Crippen LogP contribution in [0.15, 0.2) is 36.4 Å². The number of phenols is 2. The third-order valence-electron chi connectivity index (χ3n) is 11.0. The van der Waals surface area contributed by atoms with Crippen LogP contribution in [-0.4, -0.2) is 176 Å². The zero-order valence-corrected chi connectivity index (χ0v) is 42.3. The molecule has 2 atom stereocenters. The molecule has 0 fully saturated rings. The standard InChI is InChI=1S/C44H65N7O22P2/c52-33-12-8-27(10-14-36(55)46-16-4-1-2-7-35(54)45-17-5-3-6-31(41(63)64)47-43(67)48-32(42(65)66)22-38(57)58)20-29(33)23-50(25-39(59)60)18-19-51(26-40(61)62)24-30-21-28(9-13-34(30)53)11-15-37(56)49-44(74(68,69)70)75(71,72)73/h8-9,12-13,20-21,31-32,44,52-53H,1-7,10-11,14-19,22-26H2,(H,45,54)(H,46,55)(H,49,56)(H,57,58)(H,59,60)(H,61,62)(H,63,64)(H,65,66)(H2,47,48,67)(H2,68,69,70)(H2,71,72,73)/t31-,32-/m0/s1. The highest BCUT2D eigenvalue weighted by molar-refractivity contribution is 7.70. The zero-order valence-electron chi connectivity index (χ0n) is 40.5. The number of aromatic hydroxyl groups is 2. The molecule has 75 heavy (non-hydrogen) atoms. The normalized spacial score (nSPS) is 12.4. The first-order chi connectivity index (χ1) is 35.0. The van der Waals surface area contributed by atoms with Crippen LogP contribution >= 0.6 is 15.2 Å². The molecule has 2 rings (SSSR count). The second-order valence-electron chi connectivity index (χ2n) is 17.3. The van der Waals surface area contributed by atoms with E-state index in [1.807, 2.05) is 5.32 Å². The quantitative estimate of drug-likeness (QED) is 0.0309. The lowest BCUT2D eigenvalue weighted by Crippen LogP contribution is -2.51. The molecule has 418 valence electrons. The lowest BCUT2D eigenvalue weighted by molar-refractivity contribution is -0.145. The summed E-state index contributed by atoms with van der Waals surface area (Å²) in [6, 6.07) is 4.37. The maximum atomic E-state index is 12.6. The van der Waals surface area contributed by atoms with Gasteiger partial charge in [-0.15, -0.1) is 0 Å². The summed E-state index contributed by atoms with van der Waals surface area (Å²) in [6.07, 6.45) is 1.26. The van der Waals surface area contributed by atoms with E-state index in [0.29, 0.717) is 48.9 Å². The van der Waals surface area contributed by atoms with E-state index < -0.39 is 101 Å². The van der Waals surface area contributed by atoms with Crippen LogP contribution in [0.4, 0.5) is 4.79 Å². The van der Waals surface area contributed by atoms with Crippen molar-refractivity contribution in [3.8, 4) is 11.5 Å². The Hall–Kier alpha value is -6.71. The molecule has 0 aromatic heterocycles. The maximum absolute atomic E-state index is 12.6. The Kier molecular flexibility index (Phi) is 27.4. The van der Waals surface area contributed by atoms with Crippen LogP contribution < -0.4 is 26.6 Å². The SMILES string of the molecule is O=C(O)C[C@H](NC(=O)N[C@@H](CCCCNC(=O)CCCCCNC(=O)CCc1ccc(O)c(CN(CCN(CC(=O)O)Cc2cc(CCC(=O)NC(P(=O)(O)O)P(=O)(O)O)ccc2O)CC(=O)O)c1)C(=O)O)C(=O)O. The van der Waals surface area contributed by atoms with Crippen LogP contribution in [0.1, 0.15) is 86.5 Å². The molecule has 0 bridgehead atoms. The minimum absolute atomic E-state index is 0.0436. The van der Waals surface area contributed by atoms with Crippen molar-refractivity contribution in [3.63, 3.8) is 0 Å². The Labute approximate surface area is 429 Å². The number of carboxylic acid groups (broad SMARTS) is 5. The van der Waals surface area contributed by atoms with Crippen LogP contribution in [0.25, 0.3) is 0 Å². The monoisotopic (exact) mass is 1110 g/mol. The van der Waals surface area contributed by atoms with Crippen molar-refractivity contribution in [2.45, 2.75) is 108 Å². The highest BCUT2D eigenvalue weighted by atomic mass is 31.2. The largest absolute Gasteiger partial charge is 0.508 e. The first-order valence-corrected chi connectivity index (χ1v) is 26.6. The van der Waals surface area contributed by atoms with Gasteiger partial charge in [-0.3, -0.25) is 47.7 Å². The molecule has 0 aliphatic carbocycles. The van der Waals surface area contributed by atoms with Crippen LogP contribution in [0.3, 0.4) is 0 Å². The average Bonchev–Trinajstić information content (AvgIpc) is 3.29. The molecule has 2 aromatic carbocycles. The Balaban J connectivity index is 1.83. The van der Waals surface area contributed by atoms with Crippen LogP contribution in [0.2, 0.25) is 0 Å². The van der Waals surface area contributed by atoms with Gasteiger partial charge in [0.05, 0.1) is 19.5 Å². The summed E-state index contributed by atoms with van der Waals surface area (Å²) in [5.74, 6) is -9.01. The van der Waals surface area contributed by atoms with Gasteiger partial charge in [-0.05, 0) is 68.2 Å². The van der Waals surface area contributed by atoms with Gasteiger partial charge in [0, 0.05) is 69.7 Å². The number of hydrogen-bond acceptors (Lipinski definition) is 15. The van der Waals surface area contributed by atoms with Crippen molar-refractivity contribution >= 4 is 68.8 Å². The van der Waals surface area contributed by atoms with Crippen molar-refractivity contribution in [1.29, 1.82) is 0 Å². The number of nitrogens with one attached hydrogen (secondary N) is 5. The number of carbonyl (C=O) groups excluding carboxylic acids is 4. The molecule has 29 nitrogen and oxygen atoms in total. The number of aliphatic carboxylic acids is 5. The molecular weight excluding hydrogens is 1040 g/mol. The van der Waals surface area contributed by atoms with Crippen LogP contribution in [0, 0.1) is 0 Å². The third-order valence-corrected chi connectivity index (χ3v) is 14.3. The van der Waals surface area contributed by atoms with Gasteiger partial charge in [-0.2, -0.15) is 0 Å². The zero-order chi connectivity index (χ0) is 56.5. The number of urea groups is 1. The van der Waals surface area contributed by atoms with Gasteiger partial charge >= 0.3 is 51.1 Å². The Morgan fingerprint density at radius 1 is 0.520 bits per heavy atom. The maximum Gasteiger partial charge on any atom is 0.360 e. The molecule has 0 saturated carbocycles. The van der Waals surface area contributed by atoms with E-state index in [-0.39, 0.29) is 100 Å². The summed E-state index contributed by atoms with van der Waals surface area (Å²) in [6.45, 7) is -0.922. The molecule has 0 aliphatic rings. The Morgan fingerprint density at radius 3 is 1.40 bits per heavy atom. The predicted octanol–water partition coefficient (Wildman–Crippen LogP) is -0.165. The highest BCUT2D eigenvalue weighted by Crippen LogP contribution is 2.58. The first-order valence-electron chi connectivity index (χ1n) is 23.2. The average molecular weight is 1110 g/mol. The molecular formula is C44H65N7O22P2. The fourth-order valence-corrected chi connectivity index (χ4v) is 9.39. The second kappa shape index (κ2) is 31.9. The summed E-state index contributed by atoms with van der Waals surface area (Å²) in [5.41, 5.74) is -1.20. The van der Waals surface area contributed by atoms with E-state index in [0.717, 1.165) is 0 Å². The molecule has 0 heterocycles. The van der Waals surface area contributed by atoms with Crippen molar-refractivity contribution in [2.75, 3.05) is 39.3 Å². The number of benzene rings is 2. The summed E-state index contributed by atoms with van der Waals surface area (Å²) in [5, 5.41) is 79.0. The summed E-state index contributed by atoms with van der Waals surface area (Å²) in [4.78, 5) is 146. The minimum atomic E-state index is -5.44. The molecule has 0 radical (unpaired) electrons. The fourth-order valence-electron chi connectivity index (χ4n) is 7.20. The van der Waals surface area contributed by atoms with Crippen molar-refractivity contribution < 1.29 is 108 Å². The molecule has 0 spiro atoms. The number of amides is 5. The van der Waals surface area contributed by atoms with Crippen molar-refractivity contribution in [2.24, 2.45) is 0 Å². The van der Waals surface area contributed by atoms with E-state index >= 15 is 0 Å². The smallest absolute Gasteiger partial charge is 0.360 e. The molecule has 0 unspecified atom stereocenters. The van der Waals surface area contributed by atoms with Gasteiger partial charge in [0.15, 0.2) is 0 Å². The molecule has 31 heteroatoms. The van der Waals surface area contributed by atoms with Crippen LogP contribution in [0.5, 0.6) is 11.5 Å². The lowest BCUT2D eigenvalue weighted by atomic mass is 10.0. The molecule has 0 saturated heterocycles. The molecule has 2 aromatic rings. The second-order valence-corrected chi connectivity index (χ2v) is 21.1. The van der Waals surface area contributed by atoms with Crippen molar-refractivity contribution in [1.82, 2.24) is 36.4 Å². The molecule has 0 aliphatic heterocycles. The number of carboxylic acids is 5. The Bertz CT molecular complexity index is 2390. The predicted molar refractivity (Wildman–Crippen MR) is 260 cm³/mol. The number of aryl methyl sites for hydroxylation is 2. The van der Waals surface area contributed by atoms with E-state index in [1.54, 1.807) is 17.4 Å². The minimum Gasteiger partial charge on any atom is -0.508 e. The number of phenolic OH excluding ortho intramolecular Hbond substituents is 2. The lowest BCUT2D eigenvalue weighted by Gasteiger charge is -2.26. The summed E-state index contributed by atoms with van der Waals surface area (Å²) >= 11 is 0. The van der Waals surface area contributed by atoms with E-state index in [2.05, 4.69) is 16.0 Å². The Morgan fingerprint density at radius 2 is 0.960 bits per heavy atom.